The number of benzene rings is 2. The molecule has 1 N–H and O–H groups in total. The van der Waals surface area contributed by atoms with E-state index in [0.717, 1.165) is 0 Å². The fourth-order valence-corrected chi connectivity index (χ4v) is 1.98. The summed E-state index contributed by atoms with van der Waals surface area (Å²) in [6.07, 6.45) is -0.736. The Hall–Kier alpha value is -3.16. The lowest BCUT2D eigenvalue weighted by Crippen LogP contribution is -2.29. The fraction of sp³-hybridized carbons (Fsp3) is 0.188. The molecule has 7 nitrogen and oxygen atoms in total. The lowest BCUT2D eigenvalue weighted by Gasteiger charge is -2.15. The highest BCUT2D eigenvalue weighted by Gasteiger charge is 2.14. The first-order valence-corrected chi connectivity index (χ1v) is 6.97. The largest absolute Gasteiger partial charge is 0.494 e. The molecule has 0 saturated carbocycles. The number of rotatable bonds is 5. The van der Waals surface area contributed by atoms with Gasteiger partial charge in [-0.15, -0.1) is 0 Å². The molecular formula is C16H15FN2O5. The third-order valence-corrected chi connectivity index (χ3v) is 3.27. The Morgan fingerprint density at radius 2 is 1.92 bits per heavy atom. The molecule has 0 fully saturated rings. The molecule has 0 aromatic heterocycles. The zero-order valence-corrected chi connectivity index (χ0v) is 13.0. The number of non-ortho nitro benzene ring substituents is 1. The van der Waals surface area contributed by atoms with E-state index >= 15 is 0 Å². The van der Waals surface area contributed by atoms with E-state index in [4.69, 9.17) is 9.47 Å². The van der Waals surface area contributed by atoms with Crippen LogP contribution in [0.5, 0.6) is 11.5 Å². The van der Waals surface area contributed by atoms with Gasteiger partial charge in [-0.05, 0) is 36.8 Å². The van der Waals surface area contributed by atoms with Crippen LogP contribution in [0.4, 0.5) is 14.9 Å². The van der Waals surface area contributed by atoms with E-state index in [0.29, 0.717) is 5.56 Å². The average Bonchev–Trinajstić information content (AvgIpc) is 2.55. The quantitative estimate of drug-likeness (QED) is 0.666. The van der Waals surface area contributed by atoms with Gasteiger partial charge in [0, 0.05) is 12.1 Å². The van der Waals surface area contributed by atoms with Gasteiger partial charge in [-0.1, -0.05) is 6.07 Å². The van der Waals surface area contributed by atoms with Crippen molar-refractivity contribution in [1.29, 1.82) is 0 Å². The van der Waals surface area contributed by atoms with Crippen LogP contribution in [-0.2, 0) is 0 Å². The molecule has 1 unspecified atom stereocenters. The Balaban J connectivity index is 1.99. The van der Waals surface area contributed by atoms with E-state index in [1.165, 1.54) is 49.6 Å². The van der Waals surface area contributed by atoms with E-state index in [-0.39, 0.29) is 17.2 Å². The highest BCUT2D eigenvalue weighted by atomic mass is 19.1. The maximum Gasteiger partial charge on any atom is 0.413 e. The molecule has 0 saturated heterocycles. The number of hydrogen-bond acceptors (Lipinski definition) is 5. The number of nitrogens with zero attached hydrogens (tertiary/aromatic N) is 1. The molecule has 0 radical (unpaired) electrons. The third kappa shape index (κ3) is 4.19. The normalized spacial score (nSPS) is 11.5. The highest BCUT2D eigenvalue weighted by Crippen LogP contribution is 2.23. The van der Waals surface area contributed by atoms with Gasteiger partial charge in [-0.3, -0.25) is 10.1 Å². The zero-order chi connectivity index (χ0) is 17.7. The van der Waals surface area contributed by atoms with E-state index in [1.807, 2.05) is 0 Å². The standard InChI is InChI=1S/C16H15FN2O5/c1-10(11-3-8-14(17)15(9-11)23-2)18-16(20)24-13-6-4-12(5-7-13)19(21)22/h3-10H,1-2H3,(H,18,20). The molecule has 126 valence electrons. The number of carbonyl (C=O) groups is 1. The van der Waals surface area contributed by atoms with Gasteiger partial charge in [-0.2, -0.15) is 0 Å². The summed E-state index contributed by atoms with van der Waals surface area (Å²) in [7, 11) is 1.35. The van der Waals surface area contributed by atoms with E-state index in [1.54, 1.807) is 6.92 Å². The van der Waals surface area contributed by atoms with Crippen molar-refractivity contribution in [2.24, 2.45) is 0 Å². The monoisotopic (exact) mass is 334 g/mol. The molecule has 0 aliphatic carbocycles. The molecule has 2 aromatic rings. The summed E-state index contributed by atoms with van der Waals surface area (Å²) < 4.78 is 23.3. The maximum absolute atomic E-state index is 13.4. The van der Waals surface area contributed by atoms with Crippen LogP contribution in [-0.4, -0.2) is 18.1 Å². The number of carbonyl (C=O) groups excluding carboxylic acids is 1. The van der Waals surface area contributed by atoms with Crippen molar-refractivity contribution in [2.75, 3.05) is 7.11 Å². The molecule has 8 heteroatoms. The smallest absolute Gasteiger partial charge is 0.413 e. The highest BCUT2D eigenvalue weighted by molar-refractivity contribution is 5.71. The summed E-state index contributed by atoms with van der Waals surface area (Å²) in [4.78, 5) is 21.9. The van der Waals surface area contributed by atoms with Crippen LogP contribution in [0, 0.1) is 15.9 Å². The Morgan fingerprint density at radius 3 is 2.50 bits per heavy atom. The number of halogens is 1. The van der Waals surface area contributed by atoms with Crippen molar-refractivity contribution in [2.45, 2.75) is 13.0 Å². The second-order valence-electron chi connectivity index (χ2n) is 4.90. The van der Waals surface area contributed by atoms with Crippen molar-refractivity contribution >= 4 is 11.8 Å². The van der Waals surface area contributed by atoms with E-state index < -0.39 is 22.9 Å². The molecule has 2 rings (SSSR count). The van der Waals surface area contributed by atoms with Gasteiger partial charge in [0.15, 0.2) is 11.6 Å². The summed E-state index contributed by atoms with van der Waals surface area (Å²) >= 11 is 0. The molecule has 1 atom stereocenters. The number of amides is 1. The van der Waals surface area contributed by atoms with Gasteiger partial charge in [0.25, 0.3) is 5.69 Å². The van der Waals surface area contributed by atoms with Crippen molar-refractivity contribution in [3.63, 3.8) is 0 Å². The SMILES string of the molecule is COc1cc(C(C)NC(=O)Oc2ccc([N+](=O)[O-])cc2)ccc1F. The van der Waals surface area contributed by atoms with Crippen LogP contribution >= 0.6 is 0 Å². The molecule has 2 aromatic carbocycles. The first-order valence-electron chi connectivity index (χ1n) is 6.97. The Bertz CT molecular complexity index is 749. The Morgan fingerprint density at radius 1 is 1.25 bits per heavy atom. The van der Waals surface area contributed by atoms with Gasteiger partial charge < -0.3 is 14.8 Å². The third-order valence-electron chi connectivity index (χ3n) is 3.27. The maximum atomic E-state index is 13.4. The summed E-state index contributed by atoms with van der Waals surface area (Å²) in [6, 6.07) is 8.90. The molecule has 0 heterocycles. The number of nitrogens with one attached hydrogen (secondary N) is 1. The minimum Gasteiger partial charge on any atom is -0.494 e. The second-order valence-corrected chi connectivity index (χ2v) is 4.90. The first-order chi connectivity index (χ1) is 11.4. The summed E-state index contributed by atoms with van der Waals surface area (Å²) in [5.41, 5.74) is 0.531. The number of hydrogen-bond donors (Lipinski definition) is 1. The number of nitro groups is 1. The molecule has 0 aliphatic heterocycles. The molecule has 0 bridgehead atoms. The average molecular weight is 334 g/mol. The minimum absolute atomic E-state index is 0.0740. The molecule has 1 amide bonds. The summed E-state index contributed by atoms with van der Waals surface area (Å²) in [5.74, 6) is -0.256. The van der Waals surface area contributed by atoms with Gasteiger partial charge in [-0.25, -0.2) is 9.18 Å². The molecule has 0 aliphatic rings. The fourth-order valence-electron chi connectivity index (χ4n) is 1.98. The number of ether oxygens (including phenoxy) is 2. The number of methoxy groups -OCH3 is 1. The predicted molar refractivity (Wildman–Crippen MR) is 83.6 cm³/mol. The molecular weight excluding hydrogens is 319 g/mol. The van der Waals surface area contributed by atoms with Crippen molar-refractivity contribution in [3.8, 4) is 11.5 Å². The Labute approximate surface area is 137 Å². The lowest BCUT2D eigenvalue weighted by atomic mass is 10.1. The van der Waals surface area contributed by atoms with E-state index in [9.17, 15) is 19.3 Å². The van der Waals surface area contributed by atoms with Crippen molar-refractivity contribution in [1.82, 2.24) is 5.32 Å². The van der Waals surface area contributed by atoms with Gasteiger partial charge >= 0.3 is 6.09 Å². The van der Waals surface area contributed by atoms with Crippen molar-refractivity contribution in [3.05, 3.63) is 64.0 Å². The number of nitro benzene ring substituents is 1. The van der Waals surface area contributed by atoms with Crippen molar-refractivity contribution < 1.29 is 23.6 Å². The predicted octanol–water partition coefficient (Wildman–Crippen LogP) is 3.59. The van der Waals surface area contributed by atoms with Crippen LogP contribution in [0.3, 0.4) is 0 Å². The van der Waals surface area contributed by atoms with Gasteiger partial charge in [0.1, 0.15) is 5.75 Å². The van der Waals surface area contributed by atoms with Gasteiger partial charge in [0.2, 0.25) is 0 Å². The van der Waals surface area contributed by atoms with Crippen LogP contribution in [0.1, 0.15) is 18.5 Å². The lowest BCUT2D eigenvalue weighted by molar-refractivity contribution is -0.384. The van der Waals surface area contributed by atoms with Gasteiger partial charge in [0.05, 0.1) is 18.1 Å². The molecule has 24 heavy (non-hydrogen) atoms. The summed E-state index contributed by atoms with van der Waals surface area (Å²) in [5, 5.41) is 13.1. The molecule has 0 spiro atoms. The van der Waals surface area contributed by atoms with Crippen LogP contribution in [0.25, 0.3) is 0 Å². The zero-order valence-electron chi connectivity index (χ0n) is 13.0. The van der Waals surface area contributed by atoms with Crippen LogP contribution < -0.4 is 14.8 Å². The second kappa shape index (κ2) is 7.40. The summed E-state index contributed by atoms with van der Waals surface area (Å²) in [6.45, 7) is 1.70. The topological polar surface area (TPSA) is 90.7 Å². The van der Waals surface area contributed by atoms with Crippen LogP contribution in [0.15, 0.2) is 42.5 Å². The minimum atomic E-state index is -0.736. The van der Waals surface area contributed by atoms with E-state index in [2.05, 4.69) is 5.32 Å². The first kappa shape index (κ1) is 17.2. The van der Waals surface area contributed by atoms with Crippen LogP contribution in [0.2, 0.25) is 0 Å². The Kier molecular flexibility index (Phi) is 5.31.